The first-order valence-electron chi connectivity index (χ1n) is 7.13. The minimum atomic E-state index is -0.705. The highest BCUT2D eigenvalue weighted by Crippen LogP contribution is 2.24. The lowest BCUT2D eigenvalue weighted by Crippen LogP contribution is -2.60. The molecule has 18 heavy (non-hydrogen) atoms. The van der Waals surface area contributed by atoms with Gasteiger partial charge in [0.25, 0.3) is 0 Å². The first-order chi connectivity index (χ1) is 8.39. The van der Waals surface area contributed by atoms with E-state index in [4.69, 9.17) is 0 Å². The second-order valence-electron chi connectivity index (χ2n) is 6.04. The Labute approximate surface area is 111 Å². The first-order valence-corrected chi connectivity index (χ1v) is 7.13. The van der Waals surface area contributed by atoms with Gasteiger partial charge in [-0.15, -0.1) is 0 Å². The van der Waals surface area contributed by atoms with Crippen molar-refractivity contribution < 1.29 is 9.90 Å². The van der Waals surface area contributed by atoms with E-state index in [1.807, 2.05) is 0 Å². The van der Waals surface area contributed by atoms with E-state index in [1.165, 1.54) is 0 Å². The lowest BCUT2D eigenvalue weighted by Gasteiger charge is -2.41. The minimum absolute atomic E-state index is 0.262. The second-order valence-corrected chi connectivity index (χ2v) is 6.04. The standard InChI is InChI=1S/C14H28N2O2/c1-5-12(4)15-14(13(17)18)6-8-16(9-7-14)10-11(2)3/h11-12,15H,5-10H2,1-4H3,(H,17,18). The van der Waals surface area contributed by atoms with Crippen LogP contribution in [0.3, 0.4) is 0 Å². The summed E-state index contributed by atoms with van der Waals surface area (Å²) in [5.74, 6) is -0.0446. The molecule has 1 fully saturated rings. The number of hydrogen-bond acceptors (Lipinski definition) is 3. The third-order valence-electron chi connectivity index (χ3n) is 3.88. The zero-order valence-electron chi connectivity index (χ0n) is 12.2. The molecule has 0 aromatic rings. The van der Waals surface area contributed by atoms with Crippen molar-refractivity contribution in [2.24, 2.45) is 5.92 Å². The number of nitrogens with zero attached hydrogens (tertiary/aromatic N) is 1. The van der Waals surface area contributed by atoms with Crippen molar-refractivity contribution in [3.8, 4) is 0 Å². The molecule has 0 aliphatic carbocycles. The Bertz CT molecular complexity index is 271. The van der Waals surface area contributed by atoms with Crippen molar-refractivity contribution in [1.29, 1.82) is 0 Å². The number of rotatable bonds is 6. The maximum atomic E-state index is 11.6. The molecule has 0 radical (unpaired) electrons. The van der Waals surface area contributed by atoms with Gasteiger partial charge >= 0.3 is 5.97 Å². The summed E-state index contributed by atoms with van der Waals surface area (Å²) >= 11 is 0. The summed E-state index contributed by atoms with van der Waals surface area (Å²) in [7, 11) is 0. The number of carbonyl (C=O) groups is 1. The molecule has 0 bridgehead atoms. The molecule has 2 N–H and O–H groups in total. The number of piperidine rings is 1. The molecular formula is C14H28N2O2. The van der Waals surface area contributed by atoms with Crippen molar-refractivity contribution in [2.45, 2.75) is 58.5 Å². The molecule has 1 aliphatic rings. The predicted octanol–water partition coefficient (Wildman–Crippen LogP) is 1.95. The molecule has 0 amide bonds. The number of aliphatic carboxylic acids is 1. The van der Waals surface area contributed by atoms with E-state index in [0.717, 1.165) is 26.1 Å². The maximum Gasteiger partial charge on any atom is 0.324 e. The molecule has 4 heteroatoms. The molecule has 106 valence electrons. The van der Waals surface area contributed by atoms with Crippen LogP contribution >= 0.6 is 0 Å². The summed E-state index contributed by atoms with van der Waals surface area (Å²) in [5, 5.41) is 12.8. The van der Waals surface area contributed by atoms with Gasteiger partial charge in [-0.05, 0) is 32.1 Å². The van der Waals surface area contributed by atoms with E-state index in [1.54, 1.807) is 0 Å². The fourth-order valence-corrected chi connectivity index (χ4v) is 2.63. The smallest absolute Gasteiger partial charge is 0.324 e. The number of carboxylic acids is 1. The molecule has 0 saturated carbocycles. The largest absolute Gasteiger partial charge is 0.480 e. The fourth-order valence-electron chi connectivity index (χ4n) is 2.63. The molecule has 1 unspecified atom stereocenters. The Morgan fingerprint density at radius 1 is 1.33 bits per heavy atom. The van der Waals surface area contributed by atoms with Crippen LogP contribution in [0.25, 0.3) is 0 Å². The van der Waals surface area contributed by atoms with Gasteiger partial charge in [0.05, 0.1) is 0 Å². The van der Waals surface area contributed by atoms with E-state index >= 15 is 0 Å². The zero-order chi connectivity index (χ0) is 13.8. The maximum absolute atomic E-state index is 11.6. The normalized spacial score (nSPS) is 22.1. The average Bonchev–Trinajstić information content (AvgIpc) is 2.30. The highest BCUT2D eigenvalue weighted by molar-refractivity contribution is 5.79. The van der Waals surface area contributed by atoms with E-state index in [2.05, 4.69) is 37.9 Å². The monoisotopic (exact) mass is 256 g/mol. The van der Waals surface area contributed by atoms with Gasteiger partial charge in [0.2, 0.25) is 0 Å². The average molecular weight is 256 g/mol. The van der Waals surface area contributed by atoms with Crippen molar-refractivity contribution >= 4 is 5.97 Å². The van der Waals surface area contributed by atoms with Crippen LogP contribution in [0.1, 0.15) is 47.0 Å². The lowest BCUT2D eigenvalue weighted by atomic mass is 9.86. The van der Waals surface area contributed by atoms with Crippen molar-refractivity contribution in [1.82, 2.24) is 10.2 Å². The van der Waals surface area contributed by atoms with Crippen molar-refractivity contribution in [3.05, 3.63) is 0 Å². The number of likely N-dealkylation sites (tertiary alicyclic amines) is 1. The Morgan fingerprint density at radius 3 is 2.28 bits per heavy atom. The van der Waals surface area contributed by atoms with Gasteiger partial charge in [0, 0.05) is 25.7 Å². The third kappa shape index (κ3) is 3.95. The highest BCUT2D eigenvalue weighted by Gasteiger charge is 2.41. The van der Waals surface area contributed by atoms with Gasteiger partial charge < -0.3 is 10.0 Å². The quantitative estimate of drug-likeness (QED) is 0.762. The SMILES string of the molecule is CCC(C)NC1(C(=O)O)CCN(CC(C)C)CC1. The molecule has 1 heterocycles. The van der Waals surface area contributed by atoms with Crippen LogP contribution < -0.4 is 5.32 Å². The van der Waals surface area contributed by atoms with Crippen LogP contribution in [0.15, 0.2) is 0 Å². The summed E-state index contributed by atoms with van der Waals surface area (Å²) < 4.78 is 0. The van der Waals surface area contributed by atoms with Gasteiger partial charge in [0.15, 0.2) is 0 Å². The van der Waals surface area contributed by atoms with Crippen molar-refractivity contribution in [3.63, 3.8) is 0 Å². The number of carboxylic acid groups (broad SMARTS) is 1. The second kappa shape index (κ2) is 6.53. The third-order valence-corrected chi connectivity index (χ3v) is 3.88. The van der Waals surface area contributed by atoms with Crippen LogP contribution in [0.2, 0.25) is 0 Å². The minimum Gasteiger partial charge on any atom is -0.480 e. The first kappa shape index (κ1) is 15.4. The summed E-state index contributed by atoms with van der Waals surface area (Å²) in [5.41, 5.74) is -0.705. The van der Waals surface area contributed by atoms with Gasteiger partial charge in [-0.2, -0.15) is 0 Å². The van der Waals surface area contributed by atoms with Crippen LogP contribution in [-0.4, -0.2) is 47.2 Å². The molecular weight excluding hydrogens is 228 g/mol. The predicted molar refractivity (Wildman–Crippen MR) is 73.8 cm³/mol. The van der Waals surface area contributed by atoms with Gasteiger partial charge in [-0.25, -0.2) is 0 Å². The fraction of sp³-hybridized carbons (Fsp3) is 0.929. The molecule has 1 saturated heterocycles. The van der Waals surface area contributed by atoms with E-state index in [9.17, 15) is 9.90 Å². The number of hydrogen-bond donors (Lipinski definition) is 2. The molecule has 1 rings (SSSR count). The number of nitrogens with one attached hydrogen (secondary N) is 1. The van der Waals surface area contributed by atoms with Gasteiger partial charge in [0.1, 0.15) is 5.54 Å². The van der Waals surface area contributed by atoms with Crippen LogP contribution in [-0.2, 0) is 4.79 Å². The molecule has 1 atom stereocenters. The lowest BCUT2D eigenvalue weighted by molar-refractivity contribution is -0.147. The Hall–Kier alpha value is -0.610. The topological polar surface area (TPSA) is 52.6 Å². The Morgan fingerprint density at radius 2 is 1.89 bits per heavy atom. The Balaban J connectivity index is 2.60. The van der Waals surface area contributed by atoms with Crippen LogP contribution in [0.5, 0.6) is 0 Å². The summed E-state index contributed by atoms with van der Waals surface area (Å²) in [4.78, 5) is 14.0. The van der Waals surface area contributed by atoms with Crippen molar-refractivity contribution in [2.75, 3.05) is 19.6 Å². The summed E-state index contributed by atoms with van der Waals surface area (Å²) in [6, 6.07) is 0.262. The molecule has 1 aliphatic heterocycles. The molecule has 0 aromatic heterocycles. The van der Waals surface area contributed by atoms with Crippen LogP contribution in [0, 0.1) is 5.92 Å². The van der Waals surface area contributed by atoms with E-state index in [0.29, 0.717) is 18.8 Å². The van der Waals surface area contributed by atoms with Gasteiger partial charge in [-0.3, -0.25) is 10.1 Å². The van der Waals surface area contributed by atoms with Gasteiger partial charge in [-0.1, -0.05) is 20.8 Å². The molecule has 0 spiro atoms. The highest BCUT2D eigenvalue weighted by atomic mass is 16.4. The summed E-state index contributed by atoms with van der Waals surface area (Å²) in [6.45, 7) is 11.4. The Kier molecular flexibility index (Phi) is 5.60. The van der Waals surface area contributed by atoms with E-state index < -0.39 is 11.5 Å². The zero-order valence-corrected chi connectivity index (χ0v) is 12.2. The molecule has 0 aromatic carbocycles. The van der Waals surface area contributed by atoms with Crippen LogP contribution in [0.4, 0.5) is 0 Å². The summed E-state index contributed by atoms with van der Waals surface area (Å²) in [6.07, 6.45) is 2.38. The molecule has 4 nitrogen and oxygen atoms in total. The van der Waals surface area contributed by atoms with E-state index in [-0.39, 0.29) is 6.04 Å².